The fourth-order valence-corrected chi connectivity index (χ4v) is 2.08. The summed E-state index contributed by atoms with van der Waals surface area (Å²) in [5.41, 5.74) is 4.43. The highest BCUT2D eigenvalue weighted by Gasteiger charge is 2.18. The Labute approximate surface area is 110 Å². The van der Waals surface area contributed by atoms with E-state index in [9.17, 15) is 8.78 Å². The first kappa shape index (κ1) is 13.8. The van der Waals surface area contributed by atoms with E-state index in [0.29, 0.717) is 6.61 Å². The van der Waals surface area contributed by atoms with Crippen molar-refractivity contribution >= 4 is 0 Å². The van der Waals surface area contributed by atoms with Crippen LogP contribution in [0.2, 0.25) is 0 Å². The molecule has 1 heterocycles. The van der Waals surface area contributed by atoms with E-state index in [1.165, 1.54) is 6.07 Å². The van der Waals surface area contributed by atoms with E-state index in [1.54, 1.807) is 24.5 Å². The van der Waals surface area contributed by atoms with Crippen LogP contribution in [0, 0.1) is 0 Å². The molecule has 1 aliphatic rings. The molecule has 19 heavy (non-hydrogen) atoms. The Kier molecular flexibility index (Phi) is 4.70. The molecule has 6 heteroatoms. The van der Waals surface area contributed by atoms with Gasteiger partial charge in [-0.15, -0.1) is 0 Å². The molecule has 0 amide bonds. The van der Waals surface area contributed by atoms with Crippen LogP contribution < -0.4 is 16.0 Å². The SMILES string of the molecule is NNC(C1=COCCC1)c1cccc(OC(F)F)c1. The zero-order valence-electron chi connectivity index (χ0n) is 10.3. The fraction of sp³-hybridized carbons (Fsp3) is 0.385. The maximum absolute atomic E-state index is 12.2. The van der Waals surface area contributed by atoms with Crippen molar-refractivity contribution in [2.45, 2.75) is 25.5 Å². The minimum Gasteiger partial charge on any atom is -0.501 e. The highest BCUT2D eigenvalue weighted by Crippen LogP contribution is 2.29. The zero-order chi connectivity index (χ0) is 13.7. The predicted octanol–water partition coefficient (Wildman–Crippen LogP) is 2.49. The maximum atomic E-state index is 12.2. The summed E-state index contributed by atoms with van der Waals surface area (Å²) < 4.78 is 34.0. The van der Waals surface area contributed by atoms with Gasteiger partial charge in [0.2, 0.25) is 0 Å². The summed E-state index contributed by atoms with van der Waals surface area (Å²) >= 11 is 0. The normalized spacial score (nSPS) is 16.7. The minimum absolute atomic E-state index is 0.116. The van der Waals surface area contributed by atoms with E-state index in [4.69, 9.17) is 10.6 Å². The molecule has 0 bridgehead atoms. The van der Waals surface area contributed by atoms with Crippen LogP contribution in [0.4, 0.5) is 8.78 Å². The third kappa shape index (κ3) is 3.65. The monoisotopic (exact) mass is 270 g/mol. The Morgan fingerprint density at radius 3 is 2.84 bits per heavy atom. The Hall–Kier alpha value is -1.66. The van der Waals surface area contributed by atoms with Crippen LogP contribution in [-0.2, 0) is 4.74 Å². The smallest absolute Gasteiger partial charge is 0.387 e. The highest BCUT2D eigenvalue weighted by molar-refractivity contribution is 5.34. The summed E-state index contributed by atoms with van der Waals surface area (Å²) in [7, 11) is 0. The molecule has 1 unspecified atom stereocenters. The Balaban J connectivity index is 2.20. The molecule has 0 saturated heterocycles. The van der Waals surface area contributed by atoms with Crippen LogP contribution in [-0.4, -0.2) is 13.2 Å². The highest BCUT2D eigenvalue weighted by atomic mass is 19.3. The van der Waals surface area contributed by atoms with Crippen molar-refractivity contribution in [3.05, 3.63) is 41.7 Å². The number of alkyl halides is 2. The zero-order valence-corrected chi connectivity index (χ0v) is 10.3. The van der Waals surface area contributed by atoms with Crippen LogP contribution in [0.3, 0.4) is 0 Å². The average Bonchev–Trinajstić information content (AvgIpc) is 2.40. The van der Waals surface area contributed by atoms with Gasteiger partial charge in [0, 0.05) is 0 Å². The van der Waals surface area contributed by atoms with Gasteiger partial charge in [-0.2, -0.15) is 8.78 Å². The van der Waals surface area contributed by atoms with Crippen molar-refractivity contribution < 1.29 is 18.3 Å². The first-order chi connectivity index (χ1) is 9.20. The molecule has 1 aromatic carbocycles. The van der Waals surface area contributed by atoms with Crippen molar-refractivity contribution in [2.24, 2.45) is 5.84 Å². The van der Waals surface area contributed by atoms with Gasteiger partial charge in [-0.05, 0) is 36.1 Å². The van der Waals surface area contributed by atoms with Gasteiger partial charge in [0.25, 0.3) is 0 Å². The largest absolute Gasteiger partial charge is 0.501 e. The molecule has 104 valence electrons. The molecule has 0 fully saturated rings. The molecule has 0 spiro atoms. The van der Waals surface area contributed by atoms with E-state index < -0.39 is 6.61 Å². The predicted molar refractivity (Wildman–Crippen MR) is 66.4 cm³/mol. The topological polar surface area (TPSA) is 56.5 Å². The number of ether oxygens (including phenoxy) is 2. The fourth-order valence-electron chi connectivity index (χ4n) is 2.08. The minimum atomic E-state index is -2.84. The van der Waals surface area contributed by atoms with Crippen LogP contribution in [0.1, 0.15) is 24.4 Å². The molecule has 0 saturated carbocycles. The molecule has 1 aromatic rings. The molecular weight excluding hydrogens is 254 g/mol. The summed E-state index contributed by atoms with van der Waals surface area (Å²) in [5.74, 6) is 5.67. The van der Waals surface area contributed by atoms with Gasteiger partial charge in [0.05, 0.1) is 18.9 Å². The van der Waals surface area contributed by atoms with Crippen LogP contribution >= 0.6 is 0 Å². The van der Waals surface area contributed by atoms with Crippen LogP contribution in [0.5, 0.6) is 5.75 Å². The van der Waals surface area contributed by atoms with Crippen molar-refractivity contribution in [3.63, 3.8) is 0 Å². The molecule has 3 N–H and O–H groups in total. The van der Waals surface area contributed by atoms with Gasteiger partial charge in [-0.25, -0.2) is 5.43 Å². The average molecular weight is 270 g/mol. The van der Waals surface area contributed by atoms with Gasteiger partial charge in [-0.1, -0.05) is 12.1 Å². The summed E-state index contributed by atoms with van der Waals surface area (Å²) in [6.07, 6.45) is 3.45. The number of benzene rings is 1. The molecule has 0 aromatic heterocycles. The standard InChI is InChI=1S/C13H16F2N2O2/c14-13(15)19-11-5-1-3-9(7-11)12(17-16)10-4-2-6-18-8-10/h1,3,5,7-8,12-13,17H,2,4,6,16H2. The second-order valence-electron chi connectivity index (χ2n) is 4.22. The third-order valence-corrected chi connectivity index (χ3v) is 2.92. The van der Waals surface area contributed by atoms with Crippen LogP contribution in [0.25, 0.3) is 0 Å². The van der Waals surface area contributed by atoms with Gasteiger partial charge in [-0.3, -0.25) is 5.84 Å². The van der Waals surface area contributed by atoms with E-state index >= 15 is 0 Å². The van der Waals surface area contributed by atoms with Crippen molar-refractivity contribution in [1.82, 2.24) is 5.43 Å². The lowest BCUT2D eigenvalue weighted by atomic mass is 9.96. The van der Waals surface area contributed by atoms with E-state index in [2.05, 4.69) is 10.2 Å². The van der Waals surface area contributed by atoms with Gasteiger partial charge in [0.15, 0.2) is 0 Å². The van der Waals surface area contributed by atoms with Gasteiger partial charge < -0.3 is 9.47 Å². The third-order valence-electron chi connectivity index (χ3n) is 2.92. The molecule has 0 aliphatic carbocycles. The number of nitrogens with two attached hydrogens (primary N) is 1. The molecule has 2 rings (SSSR count). The Morgan fingerprint density at radius 2 is 2.21 bits per heavy atom. The molecule has 1 aliphatic heterocycles. The molecular formula is C13H16F2N2O2. The number of hydrazine groups is 1. The van der Waals surface area contributed by atoms with Crippen molar-refractivity contribution in [2.75, 3.05) is 6.61 Å². The Morgan fingerprint density at radius 1 is 1.37 bits per heavy atom. The van der Waals surface area contributed by atoms with Crippen LogP contribution in [0.15, 0.2) is 36.1 Å². The summed E-state index contributed by atoms with van der Waals surface area (Å²) in [5, 5.41) is 0. The summed E-state index contributed by atoms with van der Waals surface area (Å²) in [4.78, 5) is 0. The molecule has 1 atom stereocenters. The Bertz CT molecular complexity index is 452. The molecule has 0 radical (unpaired) electrons. The number of rotatable bonds is 5. The number of hydrogen-bond donors (Lipinski definition) is 2. The van der Waals surface area contributed by atoms with E-state index in [-0.39, 0.29) is 11.8 Å². The maximum Gasteiger partial charge on any atom is 0.387 e. The summed E-state index contributed by atoms with van der Waals surface area (Å²) in [6.45, 7) is -2.15. The first-order valence-corrected chi connectivity index (χ1v) is 6.02. The number of nitrogens with one attached hydrogen (secondary N) is 1. The number of hydrogen-bond acceptors (Lipinski definition) is 4. The number of halogens is 2. The lowest BCUT2D eigenvalue weighted by Crippen LogP contribution is -2.30. The second kappa shape index (κ2) is 6.49. The lowest BCUT2D eigenvalue weighted by molar-refractivity contribution is -0.0498. The second-order valence-corrected chi connectivity index (χ2v) is 4.22. The van der Waals surface area contributed by atoms with Gasteiger partial charge >= 0.3 is 6.61 Å². The first-order valence-electron chi connectivity index (χ1n) is 6.02. The van der Waals surface area contributed by atoms with Crippen molar-refractivity contribution in [3.8, 4) is 5.75 Å². The van der Waals surface area contributed by atoms with E-state index in [1.807, 2.05) is 0 Å². The van der Waals surface area contributed by atoms with E-state index in [0.717, 1.165) is 24.0 Å². The molecule has 4 nitrogen and oxygen atoms in total. The summed E-state index contributed by atoms with van der Waals surface area (Å²) in [6, 6.07) is 6.22. The van der Waals surface area contributed by atoms with Gasteiger partial charge in [0.1, 0.15) is 5.75 Å². The quantitative estimate of drug-likeness (QED) is 0.637. The van der Waals surface area contributed by atoms with Crippen molar-refractivity contribution in [1.29, 1.82) is 0 Å². The lowest BCUT2D eigenvalue weighted by Gasteiger charge is -2.23.